The number of methoxy groups -OCH3 is 1. The fourth-order valence-corrected chi connectivity index (χ4v) is 1.95. The van der Waals surface area contributed by atoms with Gasteiger partial charge in [0.1, 0.15) is 11.6 Å². The summed E-state index contributed by atoms with van der Waals surface area (Å²) in [5.74, 6) is 1.24. The lowest BCUT2D eigenvalue weighted by molar-refractivity contribution is -0.0601. The molecule has 0 amide bonds. The zero-order valence-corrected chi connectivity index (χ0v) is 9.67. The predicted octanol–water partition coefficient (Wildman–Crippen LogP) is 1.06. The van der Waals surface area contributed by atoms with Crippen LogP contribution in [0.3, 0.4) is 0 Å². The Morgan fingerprint density at radius 3 is 2.88 bits per heavy atom. The van der Waals surface area contributed by atoms with E-state index in [1.165, 1.54) is 12.5 Å². The number of rotatable bonds is 4. The van der Waals surface area contributed by atoms with E-state index in [0.717, 1.165) is 12.8 Å². The molecule has 1 heterocycles. The molecule has 0 saturated heterocycles. The second kappa shape index (κ2) is 4.25. The van der Waals surface area contributed by atoms with Gasteiger partial charge >= 0.3 is 0 Å². The van der Waals surface area contributed by atoms with Crippen LogP contribution in [0.25, 0.3) is 0 Å². The standard InChI is InChI=1S/C11H17N3O2/c1-8-13-9(6-10(15)14-8)12-7-11(16-2)4-3-5-11/h6H,3-5,7H2,1-2H3,(H2,12,13,14,15). The van der Waals surface area contributed by atoms with Gasteiger partial charge in [0.15, 0.2) is 0 Å². The molecular weight excluding hydrogens is 206 g/mol. The number of hydrogen-bond donors (Lipinski definition) is 2. The molecule has 1 aliphatic rings. The Hall–Kier alpha value is -1.36. The predicted molar refractivity (Wildman–Crippen MR) is 61.7 cm³/mol. The molecule has 16 heavy (non-hydrogen) atoms. The van der Waals surface area contributed by atoms with E-state index in [0.29, 0.717) is 18.2 Å². The lowest BCUT2D eigenvalue weighted by Crippen LogP contribution is -2.45. The summed E-state index contributed by atoms with van der Waals surface area (Å²) in [6, 6.07) is 1.47. The van der Waals surface area contributed by atoms with Gasteiger partial charge in [0.05, 0.1) is 5.60 Å². The van der Waals surface area contributed by atoms with Gasteiger partial charge in [0.25, 0.3) is 5.56 Å². The molecule has 0 atom stereocenters. The zero-order valence-electron chi connectivity index (χ0n) is 9.67. The van der Waals surface area contributed by atoms with Crippen molar-refractivity contribution in [2.45, 2.75) is 31.8 Å². The van der Waals surface area contributed by atoms with Crippen molar-refractivity contribution in [1.82, 2.24) is 9.97 Å². The summed E-state index contributed by atoms with van der Waals surface area (Å²) in [4.78, 5) is 18.0. The van der Waals surface area contributed by atoms with Gasteiger partial charge in [0, 0.05) is 19.7 Å². The number of hydrogen-bond acceptors (Lipinski definition) is 4. The van der Waals surface area contributed by atoms with Crippen LogP contribution in [-0.2, 0) is 4.74 Å². The molecule has 0 radical (unpaired) electrons. The van der Waals surface area contributed by atoms with E-state index >= 15 is 0 Å². The van der Waals surface area contributed by atoms with Crippen molar-refractivity contribution in [3.8, 4) is 0 Å². The minimum Gasteiger partial charge on any atom is -0.376 e. The highest BCUT2D eigenvalue weighted by Gasteiger charge is 2.36. The molecule has 2 N–H and O–H groups in total. The first-order valence-corrected chi connectivity index (χ1v) is 5.51. The summed E-state index contributed by atoms with van der Waals surface area (Å²) in [6.07, 6.45) is 3.34. The molecule has 5 nitrogen and oxygen atoms in total. The maximum Gasteiger partial charge on any atom is 0.252 e. The summed E-state index contributed by atoms with van der Waals surface area (Å²) in [5.41, 5.74) is -0.187. The van der Waals surface area contributed by atoms with E-state index in [4.69, 9.17) is 4.74 Å². The maximum atomic E-state index is 11.2. The van der Waals surface area contributed by atoms with Crippen molar-refractivity contribution in [3.05, 3.63) is 22.2 Å². The van der Waals surface area contributed by atoms with E-state index in [-0.39, 0.29) is 11.2 Å². The van der Waals surface area contributed by atoms with E-state index in [1.54, 1.807) is 14.0 Å². The number of aryl methyl sites for hydroxylation is 1. The van der Waals surface area contributed by atoms with Crippen LogP contribution >= 0.6 is 0 Å². The monoisotopic (exact) mass is 223 g/mol. The van der Waals surface area contributed by atoms with Gasteiger partial charge in [-0.1, -0.05) is 0 Å². The Balaban J connectivity index is 2.01. The topological polar surface area (TPSA) is 67.0 Å². The summed E-state index contributed by atoms with van der Waals surface area (Å²) in [7, 11) is 1.73. The highest BCUT2D eigenvalue weighted by atomic mass is 16.5. The first-order chi connectivity index (χ1) is 7.63. The molecule has 0 unspecified atom stereocenters. The van der Waals surface area contributed by atoms with Gasteiger partial charge in [-0.3, -0.25) is 4.79 Å². The Morgan fingerprint density at radius 2 is 2.38 bits per heavy atom. The smallest absolute Gasteiger partial charge is 0.252 e. The van der Waals surface area contributed by atoms with Crippen LogP contribution in [0.5, 0.6) is 0 Å². The fraction of sp³-hybridized carbons (Fsp3) is 0.636. The Bertz CT molecular complexity index is 418. The Kier molecular flexibility index (Phi) is 2.96. The molecule has 2 rings (SSSR count). The molecule has 5 heteroatoms. The van der Waals surface area contributed by atoms with Crippen molar-refractivity contribution < 1.29 is 4.74 Å². The van der Waals surface area contributed by atoms with Crippen molar-refractivity contribution in [2.24, 2.45) is 0 Å². The van der Waals surface area contributed by atoms with Gasteiger partial charge in [-0.05, 0) is 26.2 Å². The van der Waals surface area contributed by atoms with Gasteiger partial charge in [-0.2, -0.15) is 0 Å². The van der Waals surface area contributed by atoms with Crippen molar-refractivity contribution in [3.63, 3.8) is 0 Å². The van der Waals surface area contributed by atoms with Crippen molar-refractivity contribution in [2.75, 3.05) is 19.0 Å². The summed E-state index contributed by atoms with van der Waals surface area (Å²) >= 11 is 0. The molecule has 1 aliphatic carbocycles. The second-order valence-electron chi connectivity index (χ2n) is 4.31. The number of H-pyrrole nitrogens is 1. The largest absolute Gasteiger partial charge is 0.376 e. The van der Waals surface area contributed by atoms with E-state index in [9.17, 15) is 4.79 Å². The van der Waals surface area contributed by atoms with Crippen LogP contribution in [0.4, 0.5) is 5.82 Å². The molecule has 1 fully saturated rings. The van der Waals surface area contributed by atoms with Crippen LogP contribution < -0.4 is 10.9 Å². The van der Waals surface area contributed by atoms with E-state index in [1.807, 2.05) is 0 Å². The number of ether oxygens (including phenoxy) is 1. The quantitative estimate of drug-likeness (QED) is 0.801. The SMILES string of the molecule is COC1(CNc2cc(=O)[nH]c(C)n2)CCC1. The van der Waals surface area contributed by atoms with E-state index < -0.39 is 0 Å². The minimum atomic E-state index is -0.130. The first-order valence-electron chi connectivity index (χ1n) is 5.51. The van der Waals surface area contributed by atoms with Crippen LogP contribution in [0.15, 0.2) is 10.9 Å². The van der Waals surface area contributed by atoms with Crippen molar-refractivity contribution >= 4 is 5.82 Å². The summed E-state index contributed by atoms with van der Waals surface area (Å²) < 4.78 is 5.48. The molecule has 1 saturated carbocycles. The van der Waals surface area contributed by atoms with Crippen LogP contribution in [0.2, 0.25) is 0 Å². The van der Waals surface area contributed by atoms with Crippen molar-refractivity contribution in [1.29, 1.82) is 0 Å². The molecule has 0 aliphatic heterocycles. The number of nitrogens with one attached hydrogen (secondary N) is 2. The average molecular weight is 223 g/mol. The third-order valence-corrected chi connectivity index (χ3v) is 3.15. The zero-order chi connectivity index (χ0) is 11.6. The Morgan fingerprint density at radius 1 is 1.62 bits per heavy atom. The van der Waals surface area contributed by atoms with Crippen LogP contribution in [0, 0.1) is 6.92 Å². The normalized spacial score (nSPS) is 17.9. The van der Waals surface area contributed by atoms with Gasteiger partial charge in [-0.25, -0.2) is 4.98 Å². The molecular formula is C11H17N3O2. The van der Waals surface area contributed by atoms with E-state index in [2.05, 4.69) is 15.3 Å². The average Bonchev–Trinajstić information content (AvgIpc) is 2.15. The molecule has 0 bridgehead atoms. The molecule has 0 spiro atoms. The highest BCUT2D eigenvalue weighted by Crippen LogP contribution is 2.34. The summed E-state index contributed by atoms with van der Waals surface area (Å²) in [5, 5.41) is 3.16. The third kappa shape index (κ3) is 2.24. The first kappa shape index (κ1) is 11.1. The minimum absolute atomic E-state index is 0.0574. The fourth-order valence-electron chi connectivity index (χ4n) is 1.95. The molecule has 88 valence electrons. The number of aromatic amines is 1. The van der Waals surface area contributed by atoms with Crippen LogP contribution in [0.1, 0.15) is 25.1 Å². The summed E-state index contributed by atoms with van der Waals surface area (Å²) in [6.45, 7) is 2.47. The lowest BCUT2D eigenvalue weighted by Gasteiger charge is -2.40. The highest BCUT2D eigenvalue weighted by molar-refractivity contribution is 5.33. The molecule has 1 aromatic heterocycles. The lowest BCUT2D eigenvalue weighted by atomic mass is 9.80. The maximum absolute atomic E-state index is 11.2. The van der Waals surface area contributed by atoms with Crippen LogP contribution in [-0.4, -0.2) is 29.2 Å². The van der Waals surface area contributed by atoms with Gasteiger partial charge in [0.2, 0.25) is 0 Å². The third-order valence-electron chi connectivity index (χ3n) is 3.15. The molecule has 0 aromatic carbocycles. The molecule has 1 aromatic rings. The number of aromatic nitrogens is 2. The van der Waals surface area contributed by atoms with Gasteiger partial charge < -0.3 is 15.0 Å². The number of nitrogens with zero attached hydrogens (tertiary/aromatic N) is 1. The second-order valence-corrected chi connectivity index (χ2v) is 4.31. The number of anilines is 1. The Labute approximate surface area is 94.2 Å². The van der Waals surface area contributed by atoms with Gasteiger partial charge in [-0.15, -0.1) is 0 Å².